The minimum atomic E-state index is -0.534. The van der Waals surface area contributed by atoms with E-state index in [1.807, 2.05) is 0 Å². The van der Waals surface area contributed by atoms with E-state index < -0.39 is 10.8 Å². The summed E-state index contributed by atoms with van der Waals surface area (Å²) in [6, 6.07) is 81.4. The van der Waals surface area contributed by atoms with Crippen LogP contribution < -0.4 is 4.74 Å². The molecular formula is C60H36O. The maximum Gasteiger partial charge on any atom is 0.132 e. The summed E-state index contributed by atoms with van der Waals surface area (Å²) in [6.45, 7) is 0. The molecule has 0 aromatic heterocycles. The smallest absolute Gasteiger partial charge is 0.132 e. The highest BCUT2D eigenvalue weighted by Crippen LogP contribution is 2.66. The van der Waals surface area contributed by atoms with Gasteiger partial charge in [-0.3, -0.25) is 0 Å². The van der Waals surface area contributed by atoms with E-state index in [-0.39, 0.29) is 0 Å². The van der Waals surface area contributed by atoms with E-state index in [0.717, 1.165) is 11.5 Å². The number of hydrogen-bond donors (Lipinski definition) is 0. The van der Waals surface area contributed by atoms with Crippen molar-refractivity contribution in [3.05, 3.63) is 263 Å². The average molecular weight is 773 g/mol. The Morgan fingerprint density at radius 3 is 1.52 bits per heavy atom. The summed E-state index contributed by atoms with van der Waals surface area (Å²) >= 11 is 0. The van der Waals surface area contributed by atoms with Crippen LogP contribution in [0.2, 0.25) is 0 Å². The van der Waals surface area contributed by atoms with Crippen molar-refractivity contribution in [2.24, 2.45) is 0 Å². The van der Waals surface area contributed by atoms with Crippen molar-refractivity contribution in [2.75, 3.05) is 0 Å². The molecule has 0 fully saturated rings. The summed E-state index contributed by atoms with van der Waals surface area (Å²) in [5, 5.41) is 2.58. The number of para-hydroxylation sites is 1. The number of rotatable bonds is 2. The van der Waals surface area contributed by atoms with E-state index in [0.29, 0.717) is 0 Å². The van der Waals surface area contributed by atoms with Crippen molar-refractivity contribution in [2.45, 2.75) is 10.8 Å². The van der Waals surface area contributed by atoms with Crippen molar-refractivity contribution in [1.29, 1.82) is 0 Å². The highest BCUT2D eigenvalue weighted by Gasteiger charge is 2.54. The second-order valence-corrected chi connectivity index (χ2v) is 17.0. The first kappa shape index (κ1) is 33.1. The van der Waals surface area contributed by atoms with Gasteiger partial charge >= 0.3 is 0 Å². The fourth-order valence-corrected chi connectivity index (χ4v) is 12.2. The lowest BCUT2D eigenvalue weighted by molar-refractivity contribution is 0.436. The molecule has 0 bridgehead atoms. The molecule has 0 radical (unpaired) electrons. The summed E-state index contributed by atoms with van der Waals surface area (Å²) in [5.74, 6) is 1.80. The highest BCUT2D eigenvalue weighted by molar-refractivity contribution is 6.06. The molecule has 10 aromatic carbocycles. The van der Waals surface area contributed by atoms with E-state index in [9.17, 15) is 0 Å². The molecule has 2 spiro atoms. The summed E-state index contributed by atoms with van der Waals surface area (Å²) in [6.07, 6.45) is 0. The SMILES string of the molecule is c1ccc2c(c1)Oc1ccc(-c3ccccc3-c3cccc4c3-c3ccccc3C43c4ccccc4-c4ccc5ccccc5c43)cc1C21c2ccccc2-c2ccccc21. The Morgan fingerprint density at radius 2 is 0.787 bits per heavy atom. The molecule has 1 heteroatoms. The van der Waals surface area contributed by atoms with E-state index >= 15 is 0 Å². The minimum Gasteiger partial charge on any atom is -0.457 e. The third-order valence-corrected chi connectivity index (χ3v) is 14.4. The maximum atomic E-state index is 6.84. The molecule has 1 nitrogen and oxygen atoms in total. The van der Waals surface area contributed by atoms with Crippen LogP contribution in [0.15, 0.2) is 218 Å². The van der Waals surface area contributed by atoms with Gasteiger partial charge in [0.1, 0.15) is 11.5 Å². The van der Waals surface area contributed by atoms with E-state index in [4.69, 9.17) is 4.74 Å². The van der Waals surface area contributed by atoms with Crippen LogP contribution in [0.4, 0.5) is 0 Å². The number of ether oxygens (including phenoxy) is 1. The Labute approximate surface area is 354 Å². The molecule has 4 aliphatic rings. The van der Waals surface area contributed by atoms with Crippen LogP contribution >= 0.6 is 0 Å². The fourth-order valence-electron chi connectivity index (χ4n) is 12.2. The van der Waals surface area contributed by atoms with Gasteiger partial charge in [-0.25, -0.2) is 0 Å². The Bertz CT molecular complexity index is 3490. The lowest BCUT2D eigenvalue weighted by Crippen LogP contribution is -2.32. The van der Waals surface area contributed by atoms with Crippen LogP contribution in [0.5, 0.6) is 11.5 Å². The van der Waals surface area contributed by atoms with Crippen molar-refractivity contribution >= 4 is 10.8 Å². The normalized spacial score (nSPS) is 16.2. The van der Waals surface area contributed by atoms with Gasteiger partial charge in [0.2, 0.25) is 0 Å². The number of benzene rings is 10. The zero-order valence-corrected chi connectivity index (χ0v) is 33.2. The standard InChI is InChI=1S/C60H36O/c1-2-18-40-37(16-1)32-34-46-44-22-7-11-27-50(44)60(58(40)46)51-28-12-8-23-47(51)57-45(24-15-30-53(57)60)41-19-4-3-17-39(41)38-33-35-56-54(36-38)59(52-29-13-14-31-55(52)61-56)48-25-9-5-20-42(48)43-21-6-10-26-49(43)59/h1-36H. The van der Waals surface area contributed by atoms with Gasteiger partial charge in [-0.1, -0.05) is 200 Å². The molecule has 1 atom stereocenters. The van der Waals surface area contributed by atoms with Gasteiger partial charge < -0.3 is 4.74 Å². The van der Waals surface area contributed by atoms with Gasteiger partial charge in [0.25, 0.3) is 0 Å². The van der Waals surface area contributed by atoms with Gasteiger partial charge in [-0.15, -0.1) is 0 Å². The van der Waals surface area contributed by atoms with E-state index in [1.165, 1.54) is 111 Å². The highest BCUT2D eigenvalue weighted by atomic mass is 16.5. The Morgan fingerprint density at radius 1 is 0.279 bits per heavy atom. The Hall–Kier alpha value is -7.74. The molecule has 3 aliphatic carbocycles. The Kier molecular flexibility index (Phi) is 6.48. The van der Waals surface area contributed by atoms with Gasteiger partial charge in [-0.2, -0.15) is 0 Å². The van der Waals surface area contributed by atoms with Crippen LogP contribution in [0.3, 0.4) is 0 Å². The molecule has 14 rings (SSSR count). The summed E-state index contributed by atoms with van der Waals surface area (Å²) in [4.78, 5) is 0. The zero-order valence-electron chi connectivity index (χ0n) is 33.2. The maximum absolute atomic E-state index is 6.84. The number of fused-ring (bicyclic) bond motifs is 21. The summed E-state index contributed by atoms with van der Waals surface area (Å²) in [5.41, 5.74) is 22.0. The van der Waals surface area contributed by atoms with Crippen LogP contribution in [0, 0.1) is 0 Å². The largest absolute Gasteiger partial charge is 0.457 e. The lowest BCUT2D eigenvalue weighted by Gasteiger charge is -2.39. The molecule has 282 valence electrons. The van der Waals surface area contributed by atoms with Crippen molar-refractivity contribution < 1.29 is 4.74 Å². The zero-order chi connectivity index (χ0) is 39.9. The summed E-state index contributed by atoms with van der Waals surface area (Å²) < 4.78 is 6.84. The van der Waals surface area contributed by atoms with E-state index in [1.54, 1.807) is 0 Å². The molecule has 1 unspecified atom stereocenters. The van der Waals surface area contributed by atoms with Crippen molar-refractivity contribution in [3.63, 3.8) is 0 Å². The monoisotopic (exact) mass is 772 g/mol. The van der Waals surface area contributed by atoms with Crippen LogP contribution in [0.25, 0.3) is 66.4 Å². The second-order valence-electron chi connectivity index (χ2n) is 17.0. The number of hydrogen-bond acceptors (Lipinski definition) is 1. The topological polar surface area (TPSA) is 9.23 Å². The van der Waals surface area contributed by atoms with E-state index in [2.05, 4.69) is 218 Å². The predicted octanol–water partition coefficient (Wildman–Crippen LogP) is 15.0. The van der Waals surface area contributed by atoms with Crippen LogP contribution in [-0.2, 0) is 10.8 Å². The Balaban J connectivity index is 1.03. The predicted molar refractivity (Wildman–Crippen MR) is 248 cm³/mol. The van der Waals surface area contributed by atoms with Gasteiger partial charge in [0.15, 0.2) is 0 Å². The molecule has 0 saturated carbocycles. The minimum absolute atomic E-state index is 0.462. The molecule has 0 N–H and O–H groups in total. The third-order valence-electron chi connectivity index (χ3n) is 14.4. The summed E-state index contributed by atoms with van der Waals surface area (Å²) in [7, 11) is 0. The van der Waals surface area contributed by atoms with Crippen molar-refractivity contribution in [3.8, 4) is 67.1 Å². The molecule has 0 amide bonds. The molecule has 1 heterocycles. The molecule has 10 aromatic rings. The van der Waals surface area contributed by atoms with Crippen LogP contribution in [0.1, 0.15) is 44.5 Å². The molecule has 0 saturated heterocycles. The second kappa shape index (κ2) is 11.9. The average Bonchev–Trinajstić information content (AvgIpc) is 3.92. The van der Waals surface area contributed by atoms with Gasteiger partial charge in [-0.05, 0) is 118 Å². The van der Waals surface area contributed by atoms with Crippen molar-refractivity contribution in [1.82, 2.24) is 0 Å². The van der Waals surface area contributed by atoms with Crippen LogP contribution in [-0.4, -0.2) is 0 Å². The lowest BCUT2D eigenvalue weighted by atomic mass is 9.65. The third kappa shape index (κ3) is 4.02. The first-order valence-electron chi connectivity index (χ1n) is 21.3. The molecule has 61 heavy (non-hydrogen) atoms. The van der Waals surface area contributed by atoms with Gasteiger partial charge in [0.05, 0.1) is 10.8 Å². The first-order chi connectivity index (χ1) is 30.3. The molecule has 1 aliphatic heterocycles. The molecular weight excluding hydrogens is 737 g/mol. The van der Waals surface area contributed by atoms with Gasteiger partial charge in [0, 0.05) is 11.1 Å². The fraction of sp³-hybridized carbons (Fsp3) is 0.0333. The quantitative estimate of drug-likeness (QED) is 0.170. The first-order valence-corrected chi connectivity index (χ1v) is 21.3.